The van der Waals surface area contributed by atoms with E-state index in [9.17, 15) is 4.79 Å². The fraction of sp³-hybridized carbons (Fsp3) is 0.150. The van der Waals surface area contributed by atoms with Gasteiger partial charge >= 0.3 is 0 Å². The number of nitrogens with one attached hydrogen (secondary N) is 2. The first-order valence-electron chi connectivity index (χ1n) is 8.60. The van der Waals surface area contributed by atoms with Crippen LogP contribution in [0.25, 0.3) is 0 Å². The summed E-state index contributed by atoms with van der Waals surface area (Å²) in [5.74, 6) is 1.67. The predicted octanol–water partition coefficient (Wildman–Crippen LogP) is 4.03. The molecule has 2 N–H and O–H groups in total. The zero-order valence-corrected chi connectivity index (χ0v) is 15.8. The molecule has 0 saturated heterocycles. The van der Waals surface area contributed by atoms with Gasteiger partial charge < -0.3 is 20.1 Å². The summed E-state index contributed by atoms with van der Waals surface area (Å²) in [6, 6.07) is 12.6. The number of aromatic nitrogens is 2. The summed E-state index contributed by atoms with van der Waals surface area (Å²) in [5.41, 5.74) is 2.81. The van der Waals surface area contributed by atoms with Crippen molar-refractivity contribution in [2.24, 2.45) is 0 Å². The summed E-state index contributed by atoms with van der Waals surface area (Å²) in [5, 5.41) is 6.56. The lowest BCUT2D eigenvalue weighted by Gasteiger charge is -2.10. The van der Waals surface area contributed by atoms with Gasteiger partial charge in [0.05, 0.1) is 0 Å². The topological polar surface area (TPSA) is 85.4 Å². The predicted molar refractivity (Wildman–Crippen MR) is 106 cm³/mol. The highest BCUT2D eigenvalue weighted by Gasteiger charge is 2.14. The second-order valence-corrected chi connectivity index (χ2v) is 6.68. The first kappa shape index (κ1) is 18.1. The number of nitrogens with zero attached hydrogens (tertiary/aromatic N) is 2. The Bertz CT molecular complexity index is 1040. The van der Waals surface area contributed by atoms with Crippen LogP contribution in [0, 0.1) is 6.92 Å². The van der Waals surface area contributed by atoms with Gasteiger partial charge in [0.25, 0.3) is 5.91 Å². The van der Waals surface area contributed by atoms with Crippen molar-refractivity contribution in [1.29, 1.82) is 0 Å². The molecule has 142 valence electrons. The maximum atomic E-state index is 12.5. The van der Waals surface area contributed by atoms with Crippen molar-refractivity contribution in [3.63, 3.8) is 0 Å². The van der Waals surface area contributed by atoms with Gasteiger partial charge in [-0.15, -0.1) is 0 Å². The molecule has 4 rings (SSSR count). The van der Waals surface area contributed by atoms with Gasteiger partial charge in [0.15, 0.2) is 11.5 Å². The van der Waals surface area contributed by atoms with Crippen LogP contribution in [0.3, 0.4) is 0 Å². The molecular formula is C20H17ClN4O3. The van der Waals surface area contributed by atoms with Gasteiger partial charge in [-0.2, -0.15) is 0 Å². The summed E-state index contributed by atoms with van der Waals surface area (Å²) >= 11 is 6.00. The van der Waals surface area contributed by atoms with Crippen LogP contribution in [-0.2, 0) is 6.54 Å². The number of anilines is 2. The minimum Gasteiger partial charge on any atom is -0.454 e. The normalized spacial score (nSPS) is 11.9. The number of carbonyl (C=O) groups is 1. The number of ether oxygens (including phenoxy) is 2. The van der Waals surface area contributed by atoms with Crippen LogP contribution in [-0.4, -0.2) is 22.7 Å². The van der Waals surface area contributed by atoms with Crippen molar-refractivity contribution in [1.82, 2.24) is 9.97 Å². The van der Waals surface area contributed by atoms with Crippen LogP contribution in [0.15, 0.2) is 48.8 Å². The van der Waals surface area contributed by atoms with Crippen LogP contribution < -0.4 is 20.1 Å². The lowest BCUT2D eigenvalue weighted by atomic mass is 10.2. The van der Waals surface area contributed by atoms with E-state index in [1.807, 2.05) is 31.2 Å². The number of carbonyl (C=O) groups excluding carboxylic acids is 1. The Kier molecular flexibility index (Phi) is 4.99. The molecule has 8 heteroatoms. The fourth-order valence-electron chi connectivity index (χ4n) is 2.74. The Balaban J connectivity index is 1.43. The number of fused-ring (bicyclic) bond motifs is 1. The average Bonchev–Trinajstić information content (AvgIpc) is 3.17. The number of aryl methyl sites for hydroxylation is 1. The third-order valence-electron chi connectivity index (χ3n) is 4.26. The van der Waals surface area contributed by atoms with Gasteiger partial charge in [0.1, 0.15) is 17.8 Å². The van der Waals surface area contributed by atoms with E-state index in [-0.39, 0.29) is 18.4 Å². The van der Waals surface area contributed by atoms with Crippen molar-refractivity contribution in [3.05, 3.63) is 70.6 Å². The van der Waals surface area contributed by atoms with Gasteiger partial charge in [-0.25, -0.2) is 9.97 Å². The number of hydrogen-bond donors (Lipinski definition) is 2. The molecule has 2 aromatic carbocycles. The van der Waals surface area contributed by atoms with Crippen molar-refractivity contribution in [2.75, 3.05) is 17.4 Å². The maximum Gasteiger partial charge on any atom is 0.274 e. The Labute approximate surface area is 166 Å². The smallest absolute Gasteiger partial charge is 0.274 e. The number of halogens is 1. The van der Waals surface area contributed by atoms with Crippen molar-refractivity contribution in [2.45, 2.75) is 13.5 Å². The molecule has 7 nitrogen and oxygen atoms in total. The van der Waals surface area contributed by atoms with Gasteiger partial charge in [0.2, 0.25) is 6.79 Å². The zero-order chi connectivity index (χ0) is 19.5. The molecular weight excluding hydrogens is 380 g/mol. The third-order valence-corrected chi connectivity index (χ3v) is 4.49. The Morgan fingerprint density at radius 3 is 2.86 bits per heavy atom. The Hall–Kier alpha value is -3.32. The summed E-state index contributed by atoms with van der Waals surface area (Å²) in [4.78, 5) is 20.8. The molecule has 0 atom stereocenters. The molecule has 3 aromatic rings. The highest BCUT2D eigenvalue weighted by Crippen LogP contribution is 2.32. The van der Waals surface area contributed by atoms with Gasteiger partial charge in [-0.1, -0.05) is 23.7 Å². The van der Waals surface area contributed by atoms with E-state index < -0.39 is 0 Å². The van der Waals surface area contributed by atoms with Crippen molar-refractivity contribution >= 4 is 29.0 Å². The summed E-state index contributed by atoms with van der Waals surface area (Å²) in [6.07, 6.45) is 1.35. The van der Waals surface area contributed by atoms with Crippen molar-refractivity contribution in [3.8, 4) is 11.5 Å². The number of amides is 1. The van der Waals surface area contributed by atoms with Gasteiger partial charge in [0, 0.05) is 23.3 Å². The van der Waals surface area contributed by atoms with E-state index in [0.29, 0.717) is 23.1 Å². The standard InChI is InChI=1S/C20H17ClN4O3/c1-12-2-4-14(21)7-15(12)25-20(26)16-8-19(24-10-23-16)22-9-13-3-5-17-18(6-13)28-11-27-17/h2-8,10H,9,11H2,1H3,(H,25,26)(H,22,23,24). The second kappa shape index (κ2) is 7.74. The van der Waals surface area contributed by atoms with Gasteiger partial charge in [-0.3, -0.25) is 4.79 Å². The second-order valence-electron chi connectivity index (χ2n) is 6.24. The molecule has 1 aromatic heterocycles. The first-order valence-corrected chi connectivity index (χ1v) is 8.98. The maximum absolute atomic E-state index is 12.5. The quantitative estimate of drug-likeness (QED) is 0.677. The molecule has 0 bridgehead atoms. The molecule has 28 heavy (non-hydrogen) atoms. The number of rotatable bonds is 5. The minimum atomic E-state index is -0.334. The highest BCUT2D eigenvalue weighted by molar-refractivity contribution is 6.31. The summed E-state index contributed by atoms with van der Waals surface area (Å²) in [6.45, 7) is 2.65. The third kappa shape index (κ3) is 3.99. The summed E-state index contributed by atoms with van der Waals surface area (Å²) < 4.78 is 10.7. The molecule has 1 aliphatic rings. The monoisotopic (exact) mass is 396 g/mol. The molecule has 0 fully saturated rings. The number of benzene rings is 2. The first-order chi connectivity index (χ1) is 13.6. The zero-order valence-electron chi connectivity index (χ0n) is 15.0. The van der Waals surface area contributed by atoms with Crippen LogP contribution in [0.1, 0.15) is 21.6 Å². The van der Waals surface area contributed by atoms with Crippen LogP contribution in [0.2, 0.25) is 5.02 Å². The highest BCUT2D eigenvalue weighted by atomic mass is 35.5. The van der Waals surface area contributed by atoms with E-state index in [4.69, 9.17) is 21.1 Å². The van der Waals surface area contributed by atoms with E-state index in [1.54, 1.807) is 18.2 Å². The molecule has 2 heterocycles. The van der Waals surface area contributed by atoms with Gasteiger partial charge in [-0.05, 0) is 42.3 Å². The van der Waals surface area contributed by atoms with Crippen LogP contribution >= 0.6 is 11.6 Å². The van der Waals surface area contributed by atoms with E-state index in [0.717, 1.165) is 22.6 Å². The average molecular weight is 397 g/mol. The Morgan fingerprint density at radius 1 is 1.11 bits per heavy atom. The molecule has 0 unspecified atom stereocenters. The SMILES string of the molecule is Cc1ccc(Cl)cc1NC(=O)c1cc(NCc2ccc3c(c2)OCO3)ncn1. The minimum absolute atomic E-state index is 0.239. The largest absolute Gasteiger partial charge is 0.454 e. The molecule has 0 saturated carbocycles. The van der Waals surface area contributed by atoms with E-state index in [2.05, 4.69) is 20.6 Å². The fourth-order valence-corrected chi connectivity index (χ4v) is 2.91. The summed E-state index contributed by atoms with van der Waals surface area (Å²) in [7, 11) is 0. The Morgan fingerprint density at radius 2 is 1.96 bits per heavy atom. The molecule has 0 radical (unpaired) electrons. The van der Waals surface area contributed by atoms with Crippen LogP contribution in [0.4, 0.5) is 11.5 Å². The molecule has 0 aliphatic carbocycles. The molecule has 0 spiro atoms. The molecule has 1 amide bonds. The molecule has 1 aliphatic heterocycles. The van der Waals surface area contributed by atoms with Crippen LogP contribution in [0.5, 0.6) is 11.5 Å². The lowest BCUT2D eigenvalue weighted by molar-refractivity contribution is 0.102. The number of hydrogen-bond acceptors (Lipinski definition) is 6. The van der Waals surface area contributed by atoms with Crippen molar-refractivity contribution < 1.29 is 14.3 Å². The van der Waals surface area contributed by atoms with E-state index in [1.165, 1.54) is 6.33 Å². The van der Waals surface area contributed by atoms with E-state index >= 15 is 0 Å². The lowest BCUT2D eigenvalue weighted by Crippen LogP contribution is -2.15.